The van der Waals surface area contributed by atoms with Crippen LogP contribution in [0.3, 0.4) is 0 Å². The Hall–Kier alpha value is -2.54. The summed E-state index contributed by atoms with van der Waals surface area (Å²) in [4.78, 5) is 24.9. The zero-order valence-electron chi connectivity index (χ0n) is 13.7. The molecule has 1 aromatic carbocycles. The van der Waals surface area contributed by atoms with Crippen LogP contribution in [0.15, 0.2) is 30.3 Å². The van der Waals surface area contributed by atoms with Gasteiger partial charge < -0.3 is 0 Å². The summed E-state index contributed by atoms with van der Waals surface area (Å²) < 4.78 is 1.19. The number of carbonyl (C=O) groups excluding carboxylic acids is 1. The van der Waals surface area contributed by atoms with Crippen LogP contribution < -0.4 is 10.9 Å². The number of anilines is 1. The van der Waals surface area contributed by atoms with Crippen molar-refractivity contribution >= 4 is 33.4 Å². The molecule has 6 nitrogen and oxygen atoms in total. The molecule has 0 saturated heterocycles. The molecule has 0 saturated carbocycles. The molecule has 0 unspecified atom stereocenters. The van der Waals surface area contributed by atoms with E-state index in [-0.39, 0.29) is 5.91 Å². The van der Waals surface area contributed by atoms with Gasteiger partial charge in [-0.15, -0.1) is 11.3 Å². The quantitative estimate of drug-likeness (QED) is 0.673. The highest BCUT2D eigenvalue weighted by Gasteiger charge is 2.06. The van der Waals surface area contributed by atoms with Gasteiger partial charge in [-0.3, -0.25) is 15.6 Å². The van der Waals surface area contributed by atoms with Gasteiger partial charge in [-0.05, 0) is 44.9 Å². The molecular formula is C17H19N5OS. The van der Waals surface area contributed by atoms with Crippen molar-refractivity contribution in [3.63, 3.8) is 0 Å². The second-order valence-electron chi connectivity index (χ2n) is 5.58. The summed E-state index contributed by atoms with van der Waals surface area (Å²) >= 11 is 1.68. The fourth-order valence-electron chi connectivity index (χ4n) is 2.40. The van der Waals surface area contributed by atoms with Crippen LogP contribution in [0.2, 0.25) is 0 Å². The lowest BCUT2D eigenvalue weighted by Crippen LogP contribution is -2.30. The molecule has 0 atom stereocenters. The molecule has 2 N–H and O–H groups in total. The summed E-state index contributed by atoms with van der Waals surface area (Å²) in [6, 6.07) is 9.95. The largest absolute Gasteiger partial charge is 0.273 e. The Morgan fingerprint density at radius 3 is 2.62 bits per heavy atom. The number of hydrogen-bond acceptors (Lipinski definition) is 6. The molecule has 7 heteroatoms. The summed E-state index contributed by atoms with van der Waals surface area (Å²) in [5.74, 6) is 0.325. The smallest absolute Gasteiger partial charge is 0.242 e. The van der Waals surface area contributed by atoms with Crippen molar-refractivity contribution in [1.82, 2.24) is 20.4 Å². The maximum absolute atomic E-state index is 11.9. The van der Waals surface area contributed by atoms with Gasteiger partial charge in [0.2, 0.25) is 11.9 Å². The van der Waals surface area contributed by atoms with E-state index >= 15 is 0 Å². The second kappa shape index (κ2) is 7.35. The van der Waals surface area contributed by atoms with Gasteiger partial charge in [0, 0.05) is 17.8 Å². The lowest BCUT2D eigenvalue weighted by molar-refractivity contribution is -0.120. The van der Waals surface area contributed by atoms with Crippen LogP contribution in [-0.4, -0.2) is 20.9 Å². The van der Waals surface area contributed by atoms with E-state index < -0.39 is 0 Å². The highest BCUT2D eigenvalue weighted by atomic mass is 32.1. The van der Waals surface area contributed by atoms with E-state index in [1.54, 1.807) is 11.3 Å². The van der Waals surface area contributed by atoms with Gasteiger partial charge in [-0.25, -0.2) is 15.0 Å². The Morgan fingerprint density at radius 1 is 1.12 bits per heavy atom. The molecule has 1 amide bonds. The number of hydrazine groups is 1. The number of para-hydroxylation sites is 1. The maximum Gasteiger partial charge on any atom is 0.242 e. The number of thiazole rings is 1. The number of carbonyl (C=O) groups is 1. The van der Waals surface area contributed by atoms with Crippen molar-refractivity contribution in [1.29, 1.82) is 0 Å². The Bertz CT molecular complexity index is 808. The number of nitrogens with one attached hydrogen (secondary N) is 2. The molecule has 124 valence electrons. The van der Waals surface area contributed by atoms with E-state index in [4.69, 9.17) is 0 Å². The standard InChI is InChI=1S/C17H19N5OS/c1-11-10-12(2)19-17(18-11)22-21-15(23)8-5-9-16-20-13-6-3-4-7-14(13)24-16/h3-4,6-7,10H,5,8-9H2,1-2H3,(H,21,23)(H,18,19,22). The minimum Gasteiger partial charge on any atom is -0.273 e. The number of nitrogens with zero attached hydrogens (tertiary/aromatic N) is 3. The monoisotopic (exact) mass is 341 g/mol. The first-order valence-electron chi connectivity index (χ1n) is 7.82. The molecule has 0 radical (unpaired) electrons. The van der Waals surface area contributed by atoms with Crippen molar-refractivity contribution in [3.8, 4) is 0 Å². The maximum atomic E-state index is 11.9. The minimum atomic E-state index is -0.0844. The molecule has 0 fully saturated rings. The van der Waals surface area contributed by atoms with Crippen molar-refractivity contribution in [2.75, 3.05) is 5.43 Å². The Morgan fingerprint density at radius 2 is 1.88 bits per heavy atom. The van der Waals surface area contributed by atoms with Gasteiger partial charge in [-0.2, -0.15) is 0 Å². The van der Waals surface area contributed by atoms with E-state index in [1.807, 2.05) is 38.1 Å². The second-order valence-corrected chi connectivity index (χ2v) is 6.69. The predicted octanol–water partition coefficient (Wildman–Crippen LogP) is 3.17. The van der Waals surface area contributed by atoms with Crippen LogP contribution in [0, 0.1) is 13.8 Å². The van der Waals surface area contributed by atoms with Crippen LogP contribution in [0.4, 0.5) is 5.95 Å². The highest BCUT2D eigenvalue weighted by Crippen LogP contribution is 2.22. The molecule has 0 aliphatic heterocycles. The Kier molecular flexibility index (Phi) is 5.00. The number of fused-ring (bicyclic) bond motifs is 1. The van der Waals surface area contributed by atoms with Gasteiger partial charge in [-0.1, -0.05) is 12.1 Å². The van der Waals surface area contributed by atoms with Crippen molar-refractivity contribution < 1.29 is 4.79 Å². The third-order valence-corrected chi connectivity index (χ3v) is 4.52. The van der Waals surface area contributed by atoms with Crippen LogP contribution >= 0.6 is 11.3 Å². The molecular weight excluding hydrogens is 322 g/mol. The number of aryl methyl sites for hydroxylation is 3. The normalized spacial score (nSPS) is 10.8. The Labute approximate surface area is 144 Å². The van der Waals surface area contributed by atoms with Gasteiger partial charge in [0.15, 0.2) is 0 Å². The molecule has 0 aliphatic carbocycles. The van der Waals surface area contributed by atoms with Crippen molar-refractivity contribution in [3.05, 3.63) is 46.7 Å². The summed E-state index contributed by atoms with van der Waals surface area (Å²) in [7, 11) is 0. The van der Waals surface area contributed by atoms with Crippen LogP contribution in [0.25, 0.3) is 10.2 Å². The minimum absolute atomic E-state index is 0.0844. The zero-order valence-corrected chi connectivity index (χ0v) is 14.5. The highest BCUT2D eigenvalue weighted by molar-refractivity contribution is 7.18. The average molecular weight is 341 g/mol. The van der Waals surface area contributed by atoms with E-state index in [2.05, 4.69) is 31.9 Å². The fraction of sp³-hybridized carbons (Fsp3) is 0.294. The average Bonchev–Trinajstić information content (AvgIpc) is 2.95. The van der Waals surface area contributed by atoms with E-state index in [0.717, 1.165) is 34.8 Å². The van der Waals surface area contributed by atoms with Gasteiger partial charge in [0.1, 0.15) is 0 Å². The number of amides is 1. The summed E-state index contributed by atoms with van der Waals surface area (Å²) in [5.41, 5.74) is 8.13. The molecule has 24 heavy (non-hydrogen) atoms. The first kappa shape index (κ1) is 16.3. The summed E-state index contributed by atoms with van der Waals surface area (Å²) in [5, 5.41) is 1.06. The van der Waals surface area contributed by atoms with E-state index in [0.29, 0.717) is 12.4 Å². The molecule has 2 heterocycles. The predicted molar refractivity (Wildman–Crippen MR) is 95.8 cm³/mol. The lowest BCUT2D eigenvalue weighted by atomic mass is 10.2. The number of hydrogen-bond donors (Lipinski definition) is 2. The first-order chi connectivity index (χ1) is 11.6. The molecule has 3 rings (SSSR count). The van der Waals surface area contributed by atoms with E-state index in [1.165, 1.54) is 4.70 Å². The van der Waals surface area contributed by atoms with Crippen LogP contribution in [0.5, 0.6) is 0 Å². The Balaban J connectivity index is 1.45. The molecule has 0 bridgehead atoms. The molecule has 2 aromatic heterocycles. The first-order valence-corrected chi connectivity index (χ1v) is 8.63. The van der Waals surface area contributed by atoms with E-state index in [9.17, 15) is 4.79 Å². The van der Waals surface area contributed by atoms with Gasteiger partial charge in [0.25, 0.3) is 0 Å². The number of benzene rings is 1. The topological polar surface area (TPSA) is 79.8 Å². The molecule has 0 spiro atoms. The number of rotatable bonds is 6. The zero-order chi connectivity index (χ0) is 16.9. The van der Waals surface area contributed by atoms with Crippen LogP contribution in [-0.2, 0) is 11.2 Å². The lowest BCUT2D eigenvalue weighted by Gasteiger charge is -2.08. The third-order valence-electron chi connectivity index (χ3n) is 3.43. The van der Waals surface area contributed by atoms with Gasteiger partial charge in [0.05, 0.1) is 15.2 Å². The summed E-state index contributed by atoms with van der Waals surface area (Å²) in [6.45, 7) is 3.78. The summed E-state index contributed by atoms with van der Waals surface area (Å²) in [6.07, 6.45) is 1.97. The van der Waals surface area contributed by atoms with Crippen molar-refractivity contribution in [2.24, 2.45) is 0 Å². The third kappa shape index (κ3) is 4.26. The number of aromatic nitrogens is 3. The SMILES string of the molecule is Cc1cc(C)nc(NNC(=O)CCCc2nc3ccccc3s2)n1. The molecule has 3 aromatic rings. The molecule has 0 aliphatic rings. The fourth-order valence-corrected chi connectivity index (χ4v) is 3.41. The van der Waals surface area contributed by atoms with Crippen LogP contribution in [0.1, 0.15) is 29.2 Å². The van der Waals surface area contributed by atoms with Crippen molar-refractivity contribution in [2.45, 2.75) is 33.1 Å². The van der Waals surface area contributed by atoms with Gasteiger partial charge >= 0.3 is 0 Å².